The predicted octanol–water partition coefficient (Wildman–Crippen LogP) is 0.894. The Kier molecular flexibility index (Phi) is 3.19. The van der Waals surface area contributed by atoms with E-state index >= 15 is 0 Å². The molecule has 0 aliphatic carbocycles. The molecule has 0 aliphatic heterocycles. The SMILES string of the molecule is Cc1cc(OCC[NH3+])c(F)cc1F. The van der Waals surface area contributed by atoms with Gasteiger partial charge in [0.05, 0.1) is 0 Å². The average molecular weight is 188 g/mol. The van der Waals surface area contributed by atoms with E-state index in [9.17, 15) is 8.78 Å². The van der Waals surface area contributed by atoms with E-state index in [-0.39, 0.29) is 5.75 Å². The summed E-state index contributed by atoms with van der Waals surface area (Å²) >= 11 is 0. The largest absolute Gasteiger partial charge is 0.485 e. The highest BCUT2D eigenvalue weighted by Gasteiger charge is 2.07. The van der Waals surface area contributed by atoms with Gasteiger partial charge in [-0.25, -0.2) is 8.78 Å². The Morgan fingerprint density at radius 1 is 1.31 bits per heavy atom. The number of rotatable bonds is 3. The fourth-order valence-electron chi connectivity index (χ4n) is 0.923. The van der Waals surface area contributed by atoms with Crippen LogP contribution in [0, 0.1) is 18.6 Å². The molecule has 0 bridgehead atoms. The van der Waals surface area contributed by atoms with E-state index in [0.29, 0.717) is 18.7 Å². The fourth-order valence-corrected chi connectivity index (χ4v) is 0.923. The maximum Gasteiger partial charge on any atom is 0.168 e. The van der Waals surface area contributed by atoms with Crippen LogP contribution in [0.5, 0.6) is 5.75 Å². The van der Waals surface area contributed by atoms with Crippen molar-refractivity contribution in [3.05, 3.63) is 29.3 Å². The van der Waals surface area contributed by atoms with Crippen LogP contribution >= 0.6 is 0 Å². The van der Waals surface area contributed by atoms with E-state index in [0.717, 1.165) is 6.07 Å². The van der Waals surface area contributed by atoms with Crippen molar-refractivity contribution in [1.29, 1.82) is 0 Å². The lowest BCUT2D eigenvalue weighted by Gasteiger charge is -2.06. The first-order chi connectivity index (χ1) is 6.15. The number of ether oxygens (including phenoxy) is 1. The van der Waals surface area contributed by atoms with Gasteiger partial charge in [-0.3, -0.25) is 0 Å². The second-order valence-corrected chi connectivity index (χ2v) is 2.73. The summed E-state index contributed by atoms with van der Waals surface area (Å²) in [5.41, 5.74) is 3.92. The molecule has 1 rings (SSSR count). The molecule has 0 spiro atoms. The Labute approximate surface area is 75.3 Å². The van der Waals surface area contributed by atoms with Crippen molar-refractivity contribution in [2.24, 2.45) is 0 Å². The lowest BCUT2D eigenvalue weighted by molar-refractivity contribution is -0.371. The molecule has 0 unspecified atom stereocenters. The average Bonchev–Trinajstić information content (AvgIpc) is 2.09. The quantitative estimate of drug-likeness (QED) is 0.751. The third-order valence-electron chi connectivity index (χ3n) is 1.62. The van der Waals surface area contributed by atoms with Gasteiger partial charge in [0.25, 0.3) is 0 Å². The van der Waals surface area contributed by atoms with Crippen molar-refractivity contribution < 1.29 is 19.3 Å². The van der Waals surface area contributed by atoms with Crippen LogP contribution in [0.15, 0.2) is 12.1 Å². The smallest absolute Gasteiger partial charge is 0.168 e. The molecule has 0 radical (unpaired) electrons. The Morgan fingerprint density at radius 2 is 2.00 bits per heavy atom. The van der Waals surface area contributed by atoms with E-state index in [1.54, 1.807) is 6.92 Å². The fraction of sp³-hybridized carbons (Fsp3) is 0.333. The molecule has 1 aromatic rings. The van der Waals surface area contributed by atoms with Crippen molar-refractivity contribution in [3.63, 3.8) is 0 Å². The van der Waals surface area contributed by atoms with Gasteiger partial charge < -0.3 is 10.5 Å². The Bertz CT molecular complexity index is 302. The maximum absolute atomic E-state index is 13.0. The highest BCUT2D eigenvalue weighted by atomic mass is 19.1. The highest BCUT2D eigenvalue weighted by molar-refractivity contribution is 5.30. The predicted molar refractivity (Wildman–Crippen MR) is 44.3 cm³/mol. The number of hydrogen-bond donors (Lipinski definition) is 1. The second-order valence-electron chi connectivity index (χ2n) is 2.73. The first kappa shape index (κ1) is 9.92. The lowest BCUT2D eigenvalue weighted by Crippen LogP contribution is -2.52. The molecule has 0 saturated carbocycles. The molecule has 4 heteroatoms. The van der Waals surface area contributed by atoms with Crippen molar-refractivity contribution >= 4 is 0 Å². The van der Waals surface area contributed by atoms with Crippen LogP contribution in [0.2, 0.25) is 0 Å². The molecular formula is C9H12F2NO+. The molecule has 0 aliphatic rings. The summed E-state index contributed by atoms with van der Waals surface area (Å²) in [5, 5.41) is 0. The zero-order valence-corrected chi connectivity index (χ0v) is 7.44. The van der Waals surface area contributed by atoms with Crippen LogP contribution in [0.1, 0.15) is 5.56 Å². The molecule has 0 heterocycles. The minimum Gasteiger partial charge on any atom is -0.485 e. The van der Waals surface area contributed by atoms with Gasteiger partial charge in [-0.15, -0.1) is 0 Å². The molecule has 3 N–H and O–H groups in total. The molecule has 2 nitrogen and oxygen atoms in total. The van der Waals surface area contributed by atoms with Crippen LogP contribution < -0.4 is 10.5 Å². The van der Waals surface area contributed by atoms with Crippen LogP contribution in [-0.2, 0) is 0 Å². The van der Waals surface area contributed by atoms with Crippen LogP contribution in [0.25, 0.3) is 0 Å². The number of halogens is 2. The molecule has 1 aromatic carbocycles. The van der Waals surface area contributed by atoms with Crippen LogP contribution in [-0.4, -0.2) is 13.2 Å². The summed E-state index contributed by atoms with van der Waals surface area (Å²) in [7, 11) is 0. The van der Waals surface area contributed by atoms with Crippen molar-refractivity contribution in [3.8, 4) is 5.75 Å². The van der Waals surface area contributed by atoms with E-state index < -0.39 is 11.6 Å². The topological polar surface area (TPSA) is 36.9 Å². The summed E-state index contributed by atoms with van der Waals surface area (Å²) < 4.78 is 30.8. The van der Waals surface area contributed by atoms with Crippen LogP contribution in [0.4, 0.5) is 8.78 Å². The molecule has 0 amide bonds. The van der Waals surface area contributed by atoms with Gasteiger partial charge in [0.15, 0.2) is 11.6 Å². The molecule has 0 aromatic heterocycles. The van der Waals surface area contributed by atoms with Gasteiger partial charge in [0.2, 0.25) is 0 Å². The Balaban J connectivity index is 2.88. The van der Waals surface area contributed by atoms with Crippen LogP contribution in [0.3, 0.4) is 0 Å². The van der Waals surface area contributed by atoms with Gasteiger partial charge in [0, 0.05) is 6.07 Å². The standard InChI is InChI=1S/C9H11F2NO/c1-6-4-9(13-3-2-12)8(11)5-7(6)10/h4-5H,2-3,12H2,1H3/p+1. The number of hydrogen-bond acceptors (Lipinski definition) is 1. The number of aryl methyl sites for hydroxylation is 1. The zero-order chi connectivity index (χ0) is 9.84. The monoisotopic (exact) mass is 188 g/mol. The molecule has 0 fully saturated rings. The number of benzene rings is 1. The van der Waals surface area contributed by atoms with E-state index in [1.165, 1.54) is 6.07 Å². The minimum absolute atomic E-state index is 0.0857. The van der Waals surface area contributed by atoms with Gasteiger partial charge in [0.1, 0.15) is 19.0 Å². The van der Waals surface area contributed by atoms with Gasteiger partial charge in [-0.2, -0.15) is 0 Å². The molecule has 0 saturated heterocycles. The normalized spacial score (nSPS) is 10.2. The summed E-state index contributed by atoms with van der Waals surface area (Å²) in [6, 6.07) is 2.17. The third-order valence-corrected chi connectivity index (χ3v) is 1.62. The Hall–Kier alpha value is -1.16. The van der Waals surface area contributed by atoms with Crippen molar-refractivity contribution in [2.75, 3.05) is 13.2 Å². The molecule has 72 valence electrons. The van der Waals surface area contributed by atoms with Crippen molar-refractivity contribution in [2.45, 2.75) is 6.92 Å². The summed E-state index contributed by atoms with van der Waals surface area (Å²) in [6.45, 7) is 2.45. The zero-order valence-electron chi connectivity index (χ0n) is 7.44. The van der Waals surface area contributed by atoms with E-state index in [2.05, 4.69) is 5.73 Å². The van der Waals surface area contributed by atoms with E-state index in [1.807, 2.05) is 0 Å². The molecule has 13 heavy (non-hydrogen) atoms. The highest BCUT2D eigenvalue weighted by Crippen LogP contribution is 2.20. The number of quaternary nitrogens is 1. The Morgan fingerprint density at radius 3 is 2.62 bits per heavy atom. The van der Waals surface area contributed by atoms with Gasteiger partial charge >= 0.3 is 0 Å². The summed E-state index contributed by atoms with van der Waals surface area (Å²) in [6.07, 6.45) is 0. The van der Waals surface area contributed by atoms with Gasteiger partial charge in [-0.05, 0) is 18.6 Å². The van der Waals surface area contributed by atoms with Gasteiger partial charge in [-0.1, -0.05) is 0 Å². The molecular weight excluding hydrogens is 176 g/mol. The minimum atomic E-state index is -0.670. The first-order valence-electron chi connectivity index (χ1n) is 4.03. The van der Waals surface area contributed by atoms with E-state index in [4.69, 9.17) is 4.74 Å². The third kappa shape index (κ3) is 2.39. The molecule has 0 atom stereocenters. The summed E-state index contributed by atoms with van der Waals surface area (Å²) in [5.74, 6) is -1.14. The lowest BCUT2D eigenvalue weighted by atomic mass is 10.2. The second kappa shape index (κ2) is 4.18. The summed E-state index contributed by atoms with van der Waals surface area (Å²) in [4.78, 5) is 0. The first-order valence-corrected chi connectivity index (χ1v) is 4.03. The van der Waals surface area contributed by atoms with Crippen molar-refractivity contribution in [1.82, 2.24) is 0 Å². The maximum atomic E-state index is 13.0.